The first kappa shape index (κ1) is 9.31. The van der Waals surface area contributed by atoms with Gasteiger partial charge in [0.1, 0.15) is 0 Å². The Morgan fingerprint density at radius 3 is 2.87 bits per heavy atom. The normalized spacial score (nSPS) is 23.0. The molecule has 1 aromatic rings. The van der Waals surface area contributed by atoms with Crippen molar-refractivity contribution in [2.45, 2.75) is 32.0 Å². The van der Waals surface area contributed by atoms with Gasteiger partial charge in [0.15, 0.2) is 5.79 Å². The van der Waals surface area contributed by atoms with Crippen LogP contribution in [-0.2, 0) is 22.3 Å². The van der Waals surface area contributed by atoms with E-state index < -0.39 is 0 Å². The molecule has 3 nitrogen and oxygen atoms in total. The van der Waals surface area contributed by atoms with E-state index in [2.05, 4.69) is 17.1 Å². The smallest absolute Gasteiger partial charge is 0.172 e. The van der Waals surface area contributed by atoms with E-state index in [0.29, 0.717) is 0 Å². The third kappa shape index (κ3) is 1.56. The van der Waals surface area contributed by atoms with Crippen molar-refractivity contribution in [2.24, 2.45) is 0 Å². The van der Waals surface area contributed by atoms with Gasteiger partial charge < -0.3 is 9.47 Å². The lowest BCUT2D eigenvalue weighted by atomic mass is 9.90. The maximum Gasteiger partial charge on any atom is 0.172 e. The van der Waals surface area contributed by atoms with Crippen LogP contribution < -0.4 is 0 Å². The summed E-state index contributed by atoms with van der Waals surface area (Å²) in [4.78, 5) is 4.56. The number of aryl methyl sites for hydroxylation is 2. The highest BCUT2D eigenvalue weighted by Crippen LogP contribution is 2.34. The lowest BCUT2D eigenvalue weighted by Crippen LogP contribution is -2.37. The standard InChI is InChI=1S/C12H15NO2/c1-9-2-3-10-8-12(14-6-7-15-12)5-4-11(10)13-9/h2-3H,4-8H2,1H3. The molecule has 1 fully saturated rings. The molecule has 1 aliphatic heterocycles. The predicted molar refractivity (Wildman–Crippen MR) is 55.6 cm³/mol. The van der Waals surface area contributed by atoms with Crippen molar-refractivity contribution in [1.29, 1.82) is 0 Å². The molecule has 1 spiro atoms. The monoisotopic (exact) mass is 205 g/mol. The second kappa shape index (κ2) is 3.29. The quantitative estimate of drug-likeness (QED) is 0.645. The number of hydrogen-bond donors (Lipinski definition) is 0. The van der Waals surface area contributed by atoms with Crippen LogP contribution >= 0.6 is 0 Å². The first-order valence-corrected chi connectivity index (χ1v) is 5.51. The maximum atomic E-state index is 5.72. The van der Waals surface area contributed by atoms with Gasteiger partial charge in [0, 0.05) is 24.2 Å². The minimum Gasteiger partial charge on any atom is -0.347 e. The molecule has 2 heterocycles. The van der Waals surface area contributed by atoms with Gasteiger partial charge in [-0.1, -0.05) is 6.07 Å². The number of ether oxygens (including phenoxy) is 2. The Morgan fingerprint density at radius 1 is 1.27 bits per heavy atom. The van der Waals surface area contributed by atoms with E-state index in [1.165, 1.54) is 11.3 Å². The van der Waals surface area contributed by atoms with Crippen LogP contribution in [0.15, 0.2) is 12.1 Å². The summed E-state index contributed by atoms with van der Waals surface area (Å²) in [5.41, 5.74) is 3.60. The van der Waals surface area contributed by atoms with Crippen molar-refractivity contribution in [3.8, 4) is 0 Å². The molecule has 0 amide bonds. The van der Waals surface area contributed by atoms with Crippen molar-refractivity contribution in [3.63, 3.8) is 0 Å². The minimum atomic E-state index is -0.329. The van der Waals surface area contributed by atoms with Crippen molar-refractivity contribution < 1.29 is 9.47 Å². The fraction of sp³-hybridized carbons (Fsp3) is 0.583. The Morgan fingerprint density at radius 2 is 2.07 bits per heavy atom. The van der Waals surface area contributed by atoms with Crippen molar-refractivity contribution >= 4 is 0 Å². The van der Waals surface area contributed by atoms with Gasteiger partial charge in [0.2, 0.25) is 0 Å². The number of aromatic nitrogens is 1. The third-order valence-electron chi connectivity index (χ3n) is 3.22. The number of hydrogen-bond acceptors (Lipinski definition) is 3. The van der Waals surface area contributed by atoms with Crippen LogP contribution in [0.5, 0.6) is 0 Å². The van der Waals surface area contributed by atoms with Crippen LogP contribution in [0, 0.1) is 6.92 Å². The molecule has 1 saturated heterocycles. The summed E-state index contributed by atoms with van der Waals surface area (Å²) in [6.45, 7) is 3.50. The van der Waals surface area contributed by atoms with Crippen molar-refractivity contribution in [2.75, 3.05) is 13.2 Å². The van der Waals surface area contributed by atoms with E-state index in [4.69, 9.17) is 9.47 Å². The summed E-state index contributed by atoms with van der Waals surface area (Å²) in [5, 5.41) is 0. The molecule has 0 N–H and O–H groups in total. The Labute approximate surface area is 89.4 Å². The van der Waals surface area contributed by atoms with E-state index in [1.807, 2.05) is 6.92 Å². The highest BCUT2D eigenvalue weighted by atomic mass is 16.7. The van der Waals surface area contributed by atoms with E-state index in [0.717, 1.165) is 38.2 Å². The summed E-state index contributed by atoms with van der Waals surface area (Å²) in [5.74, 6) is -0.329. The zero-order chi connectivity index (χ0) is 10.3. The van der Waals surface area contributed by atoms with Gasteiger partial charge >= 0.3 is 0 Å². The third-order valence-corrected chi connectivity index (χ3v) is 3.22. The summed E-state index contributed by atoms with van der Waals surface area (Å²) < 4.78 is 11.4. The van der Waals surface area contributed by atoms with Crippen molar-refractivity contribution in [1.82, 2.24) is 4.98 Å². The molecule has 1 aromatic heterocycles. The highest BCUT2D eigenvalue weighted by molar-refractivity contribution is 5.27. The lowest BCUT2D eigenvalue weighted by Gasteiger charge is -2.32. The zero-order valence-corrected chi connectivity index (χ0v) is 8.95. The lowest BCUT2D eigenvalue weighted by molar-refractivity contribution is -0.164. The van der Waals surface area contributed by atoms with Gasteiger partial charge in [-0.25, -0.2) is 0 Å². The van der Waals surface area contributed by atoms with E-state index in [-0.39, 0.29) is 5.79 Å². The van der Waals surface area contributed by atoms with Gasteiger partial charge in [-0.2, -0.15) is 0 Å². The summed E-state index contributed by atoms with van der Waals surface area (Å²) in [7, 11) is 0. The van der Waals surface area contributed by atoms with Crippen LogP contribution in [-0.4, -0.2) is 24.0 Å². The predicted octanol–water partition coefficient (Wildman–Crippen LogP) is 1.62. The molecule has 1 aliphatic carbocycles. The second-order valence-corrected chi connectivity index (χ2v) is 4.34. The molecule has 3 heteroatoms. The summed E-state index contributed by atoms with van der Waals surface area (Å²) in [6.07, 6.45) is 2.77. The molecule has 0 radical (unpaired) electrons. The molecule has 0 bridgehead atoms. The van der Waals surface area contributed by atoms with Crippen LogP contribution in [0.4, 0.5) is 0 Å². The number of rotatable bonds is 0. The average Bonchev–Trinajstić information content (AvgIpc) is 2.67. The molecule has 15 heavy (non-hydrogen) atoms. The van der Waals surface area contributed by atoms with Gasteiger partial charge in [-0.3, -0.25) is 4.98 Å². The SMILES string of the molecule is Cc1ccc2c(n1)CCC1(C2)OCCO1. The summed E-state index contributed by atoms with van der Waals surface area (Å²) >= 11 is 0. The van der Waals surface area contributed by atoms with Gasteiger partial charge in [0.05, 0.1) is 13.2 Å². The first-order valence-electron chi connectivity index (χ1n) is 5.51. The molecule has 2 aliphatic rings. The van der Waals surface area contributed by atoms with E-state index in [1.54, 1.807) is 0 Å². The molecule has 80 valence electrons. The van der Waals surface area contributed by atoms with Crippen LogP contribution in [0.1, 0.15) is 23.4 Å². The molecular weight excluding hydrogens is 190 g/mol. The van der Waals surface area contributed by atoms with Crippen LogP contribution in [0.3, 0.4) is 0 Å². The molecular formula is C12H15NO2. The molecule has 0 unspecified atom stereocenters. The summed E-state index contributed by atoms with van der Waals surface area (Å²) in [6, 6.07) is 4.22. The van der Waals surface area contributed by atoms with Crippen LogP contribution in [0.2, 0.25) is 0 Å². The fourth-order valence-corrected chi connectivity index (χ4v) is 2.45. The van der Waals surface area contributed by atoms with Gasteiger partial charge in [-0.05, 0) is 25.0 Å². The van der Waals surface area contributed by atoms with E-state index in [9.17, 15) is 0 Å². The van der Waals surface area contributed by atoms with E-state index >= 15 is 0 Å². The highest BCUT2D eigenvalue weighted by Gasteiger charge is 2.40. The van der Waals surface area contributed by atoms with Gasteiger partial charge in [0.25, 0.3) is 0 Å². The minimum absolute atomic E-state index is 0.329. The van der Waals surface area contributed by atoms with Crippen LogP contribution in [0.25, 0.3) is 0 Å². The molecule has 0 saturated carbocycles. The fourth-order valence-electron chi connectivity index (χ4n) is 2.45. The molecule has 3 rings (SSSR count). The second-order valence-electron chi connectivity index (χ2n) is 4.34. The maximum absolute atomic E-state index is 5.72. The molecule has 0 atom stereocenters. The largest absolute Gasteiger partial charge is 0.347 e. The Hall–Kier alpha value is -0.930. The zero-order valence-electron chi connectivity index (χ0n) is 8.95. The molecule has 0 aromatic carbocycles. The first-order chi connectivity index (χ1) is 7.27. The Bertz CT molecular complexity index is 383. The van der Waals surface area contributed by atoms with Crippen molar-refractivity contribution in [3.05, 3.63) is 29.1 Å². The Balaban J connectivity index is 1.93. The Kier molecular flexibility index (Phi) is 2.04. The van der Waals surface area contributed by atoms with Gasteiger partial charge in [-0.15, -0.1) is 0 Å². The number of nitrogens with zero attached hydrogens (tertiary/aromatic N) is 1. The number of pyridine rings is 1. The average molecular weight is 205 g/mol. The number of fused-ring (bicyclic) bond motifs is 1. The topological polar surface area (TPSA) is 31.4 Å².